The van der Waals surface area contributed by atoms with Gasteiger partial charge in [0.05, 0.1) is 0 Å². The molecule has 25 heavy (non-hydrogen) atoms. The van der Waals surface area contributed by atoms with E-state index in [1.54, 1.807) is 0 Å². The van der Waals surface area contributed by atoms with Gasteiger partial charge in [-0.15, -0.1) is 0 Å². The smallest absolute Gasteiger partial charge is 0.204 e. The molecule has 2 saturated carbocycles. The summed E-state index contributed by atoms with van der Waals surface area (Å²) in [6.07, 6.45) is 28.1. The largest absolute Gasteiger partial charge is 0.356 e. The van der Waals surface area contributed by atoms with E-state index < -0.39 is 0 Å². The minimum atomic E-state index is 0.734. The van der Waals surface area contributed by atoms with Gasteiger partial charge in [-0.05, 0) is 24.8 Å². The summed E-state index contributed by atoms with van der Waals surface area (Å²) in [4.78, 5) is 0. The second-order valence-corrected chi connectivity index (χ2v) is 9.28. The van der Waals surface area contributed by atoms with E-state index in [0.29, 0.717) is 0 Å². The zero-order chi connectivity index (χ0) is 17.6. The van der Waals surface area contributed by atoms with Crippen LogP contribution >= 0.6 is 0 Å². The predicted molar refractivity (Wildman–Crippen MR) is 115 cm³/mol. The van der Waals surface area contributed by atoms with Crippen molar-refractivity contribution in [2.24, 2.45) is 5.92 Å². The Morgan fingerprint density at radius 1 is 0.560 bits per heavy atom. The molecule has 0 aromatic rings. The van der Waals surface area contributed by atoms with Crippen molar-refractivity contribution in [3.63, 3.8) is 0 Å². The molecule has 0 aromatic heterocycles. The maximum absolute atomic E-state index is 4.01. The Hall–Kier alpha value is 0.0249. The van der Waals surface area contributed by atoms with Gasteiger partial charge >= 0.3 is 0 Å². The highest BCUT2D eigenvalue weighted by Gasteiger charge is 2.19. The van der Waals surface area contributed by atoms with E-state index in [9.17, 15) is 0 Å². The van der Waals surface area contributed by atoms with Gasteiger partial charge in [-0.3, -0.25) is 0 Å². The van der Waals surface area contributed by atoms with E-state index in [4.69, 9.17) is 0 Å². The molecule has 2 aliphatic carbocycles. The highest BCUT2D eigenvalue weighted by molar-refractivity contribution is 6.34. The maximum Gasteiger partial charge on any atom is 0.204 e. The van der Waals surface area contributed by atoms with E-state index in [1.165, 1.54) is 129 Å². The molecule has 146 valence electrons. The molecule has 0 saturated heterocycles. The van der Waals surface area contributed by atoms with E-state index in [1.807, 2.05) is 0 Å². The lowest BCUT2D eigenvalue weighted by atomic mass is 9.68. The molecule has 2 rings (SSSR count). The molecule has 0 aromatic carbocycles. The molecule has 0 amide bonds. The van der Waals surface area contributed by atoms with Gasteiger partial charge < -0.3 is 5.23 Å². The van der Waals surface area contributed by atoms with Crippen molar-refractivity contribution in [2.75, 3.05) is 0 Å². The summed E-state index contributed by atoms with van der Waals surface area (Å²) in [5, 5.41) is 4.01. The third-order valence-electron chi connectivity index (χ3n) is 7.06. The lowest BCUT2D eigenvalue weighted by Gasteiger charge is -2.28. The van der Waals surface area contributed by atoms with Gasteiger partial charge in [0, 0.05) is 0 Å². The second kappa shape index (κ2) is 14.1. The Bertz CT molecular complexity index is 284. The molecule has 1 atom stereocenters. The van der Waals surface area contributed by atoms with Gasteiger partial charge in [-0.1, -0.05) is 122 Å². The van der Waals surface area contributed by atoms with Crippen molar-refractivity contribution >= 4 is 7.41 Å². The average molecular weight is 347 g/mol. The van der Waals surface area contributed by atoms with Crippen LogP contribution in [0.4, 0.5) is 0 Å². The summed E-state index contributed by atoms with van der Waals surface area (Å²) < 4.78 is 0. The van der Waals surface area contributed by atoms with Crippen molar-refractivity contribution < 1.29 is 0 Å². The van der Waals surface area contributed by atoms with E-state index in [-0.39, 0.29) is 0 Å². The predicted octanol–water partition coefficient (Wildman–Crippen LogP) is 7.16. The van der Waals surface area contributed by atoms with E-state index >= 15 is 0 Å². The van der Waals surface area contributed by atoms with E-state index in [2.05, 4.69) is 12.2 Å². The first-order valence-corrected chi connectivity index (χ1v) is 12.1. The molecule has 0 aliphatic heterocycles. The molecule has 2 heteroatoms. The summed E-state index contributed by atoms with van der Waals surface area (Å²) >= 11 is 0. The van der Waals surface area contributed by atoms with Crippen LogP contribution in [-0.4, -0.2) is 13.5 Å². The van der Waals surface area contributed by atoms with Gasteiger partial charge in [-0.25, -0.2) is 0 Å². The van der Waals surface area contributed by atoms with Crippen LogP contribution in [0, 0.1) is 5.92 Å². The van der Waals surface area contributed by atoms with Crippen molar-refractivity contribution in [1.29, 1.82) is 0 Å². The average Bonchev–Trinajstić information content (AvgIpc) is 2.70. The van der Waals surface area contributed by atoms with Gasteiger partial charge in [0.2, 0.25) is 7.41 Å². The van der Waals surface area contributed by atoms with Gasteiger partial charge in [0.25, 0.3) is 0 Å². The molecule has 2 aliphatic rings. The Morgan fingerprint density at radius 2 is 0.920 bits per heavy atom. The van der Waals surface area contributed by atoms with E-state index in [0.717, 1.165) is 17.8 Å². The highest BCUT2D eigenvalue weighted by atomic mass is 14.8. The van der Waals surface area contributed by atoms with Crippen LogP contribution in [-0.2, 0) is 0 Å². The molecular formula is C23H46BN. The number of hydrogen-bond acceptors (Lipinski definition) is 1. The summed E-state index contributed by atoms with van der Waals surface area (Å²) in [6, 6.07) is 0.734. The van der Waals surface area contributed by atoms with Crippen LogP contribution in [0.25, 0.3) is 0 Å². The van der Waals surface area contributed by atoms with Crippen LogP contribution < -0.4 is 5.23 Å². The van der Waals surface area contributed by atoms with Crippen LogP contribution in [0.15, 0.2) is 0 Å². The van der Waals surface area contributed by atoms with Crippen LogP contribution in [0.3, 0.4) is 0 Å². The maximum atomic E-state index is 4.01. The fourth-order valence-electron chi connectivity index (χ4n) is 5.14. The molecule has 0 bridgehead atoms. The zero-order valence-electron chi connectivity index (χ0n) is 17.4. The highest BCUT2D eigenvalue weighted by Crippen LogP contribution is 2.26. The molecule has 1 unspecified atom stereocenters. The Kier molecular flexibility index (Phi) is 12.1. The normalized spacial score (nSPS) is 25.6. The molecule has 2 fully saturated rings. The molecule has 0 spiro atoms. The lowest BCUT2D eigenvalue weighted by Crippen LogP contribution is -2.38. The monoisotopic (exact) mass is 347 g/mol. The minimum Gasteiger partial charge on any atom is -0.356 e. The summed E-state index contributed by atoms with van der Waals surface area (Å²) in [5.41, 5.74) is 0. The van der Waals surface area contributed by atoms with Crippen LogP contribution in [0.5, 0.6) is 0 Å². The SMILES string of the molecule is CC(NBC1CCCCCCCCCC1)C1CCCCCCCCC1. The number of hydrogen-bond donors (Lipinski definition) is 1. The first-order valence-electron chi connectivity index (χ1n) is 12.1. The van der Waals surface area contributed by atoms with Gasteiger partial charge in [0.15, 0.2) is 0 Å². The minimum absolute atomic E-state index is 0.734. The van der Waals surface area contributed by atoms with Crippen LogP contribution in [0.1, 0.15) is 129 Å². The quantitative estimate of drug-likeness (QED) is 0.532. The van der Waals surface area contributed by atoms with Crippen molar-refractivity contribution in [3.05, 3.63) is 0 Å². The molecule has 0 heterocycles. The molecular weight excluding hydrogens is 301 g/mol. The lowest BCUT2D eigenvalue weighted by molar-refractivity contribution is 0.330. The van der Waals surface area contributed by atoms with Crippen molar-refractivity contribution in [3.8, 4) is 0 Å². The Labute approximate surface area is 159 Å². The summed E-state index contributed by atoms with van der Waals surface area (Å²) in [7, 11) is 1.29. The summed E-state index contributed by atoms with van der Waals surface area (Å²) in [6.45, 7) is 2.49. The molecule has 1 nitrogen and oxygen atoms in total. The standard InChI is InChI=1S/C23H46BN/c1-21(22-17-13-9-5-4-6-10-14-18-22)25-24-23-19-15-11-7-2-3-8-12-16-20-23/h21-25H,2-20H2,1H3. The summed E-state index contributed by atoms with van der Waals surface area (Å²) in [5.74, 6) is 1.88. The van der Waals surface area contributed by atoms with Crippen LogP contribution in [0.2, 0.25) is 5.82 Å². The number of nitrogens with one attached hydrogen (secondary N) is 1. The van der Waals surface area contributed by atoms with Crippen molar-refractivity contribution in [2.45, 2.75) is 141 Å². The van der Waals surface area contributed by atoms with Gasteiger partial charge in [-0.2, -0.15) is 0 Å². The first-order chi connectivity index (χ1) is 12.4. The fourth-order valence-corrected chi connectivity index (χ4v) is 5.14. The molecule has 1 N–H and O–H groups in total. The Balaban J connectivity index is 1.71. The fraction of sp³-hybridized carbons (Fsp3) is 1.00. The first kappa shape index (κ1) is 21.3. The number of rotatable bonds is 4. The van der Waals surface area contributed by atoms with Crippen molar-refractivity contribution in [1.82, 2.24) is 5.23 Å². The molecule has 0 radical (unpaired) electrons. The topological polar surface area (TPSA) is 12.0 Å². The Morgan fingerprint density at radius 3 is 1.36 bits per heavy atom. The van der Waals surface area contributed by atoms with Gasteiger partial charge in [0.1, 0.15) is 0 Å². The third-order valence-corrected chi connectivity index (χ3v) is 7.06. The zero-order valence-corrected chi connectivity index (χ0v) is 17.4. The third kappa shape index (κ3) is 10.1. The second-order valence-electron chi connectivity index (χ2n) is 9.28.